The van der Waals surface area contributed by atoms with Crippen LogP contribution in [-0.4, -0.2) is 10.3 Å². The van der Waals surface area contributed by atoms with E-state index in [1.54, 1.807) is 6.07 Å². The van der Waals surface area contributed by atoms with Crippen LogP contribution >= 0.6 is 11.8 Å². The van der Waals surface area contributed by atoms with Crippen LogP contribution in [0.3, 0.4) is 0 Å². The van der Waals surface area contributed by atoms with Gasteiger partial charge in [0.25, 0.3) is 0 Å². The van der Waals surface area contributed by atoms with Gasteiger partial charge in [-0.15, -0.1) is 0 Å². The van der Waals surface area contributed by atoms with Gasteiger partial charge >= 0.3 is 29.6 Å². The molecular formula is C8H7N2NaOS. The molecule has 0 radical (unpaired) electrons. The van der Waals surface area contributed by atoms with Gasteiger partial charge in [0.1, 0.15) is 6.07 Å². The fourth-order valence-electron chi connectivity index (χ4n) is 0.666. The third-order valence-electron chi connectivity index (χ3n) is 1.14. The number of nitriles is 1. The molecule has 1 rings (SSSR count). The van der Waals surface area contributed by atoms with Crippen molar-refractivity contribution in [1.82, 2.24) is 0 Å². The van der Waals surface area contributed by atoms with Gasteiger partial charge in [-0.3, -0.25) is 0 Å². The third kappa shape index (κ3) is 4.34. The Labute approximate surface area is 104 Å². The molecule has 0 bridgehead atoms. The molecule has 0 saturated carbocycles. The molecule has 0 spiro atoms. The summed E-state index contributed by atoms with van der Waals surface area (Å²) in [7, 11) is 0. The van der Waals surface area contributed by atoms with E-state index in [4.69, 9.17) is 10.5 Å². The summed E-state index contributed by atoms with van der Waals surface area (Å²) in [6.45, 7) is 0. The van der Waals surface area contributed by atoms with E-state index >= 15 is 0 Å². The third-order valence-corrected chi connectivity index (χ3v) is 2.02. The summed E-state index contributed by atoms with van der Waals surface area (Å²) in [5.74, 6) is 0. The zero-order valence-electron chi connectivity index (χ0n) is 8.14. The van der Waals surface area contributed by atoms with E-state index in [0.717, 1.165) is 16.7 Å². The number of thioether (sulfide) groups is 1. The summed E-state index contributed by atoms with van der Waals surface area (Å²) in [5, 5.41) is 19.6. The Morgan fingerprint density at radius 2 is 2.08 bits per heavy atom. The molecule has 1 aromatic rings. The van der Waals surface area contributed by atoms with Gasteiger partial charge in [0.2, 0.25) is 5.04 Å². The van der Waals surface area contributed by atoms with Crippen molar-refractivity contribution >= 4 is 16.8 Å². The number of nitrogens with zero attached hydrogens (tertiary/aromatic N) is 2. The number of rotatable bonds is 1. The number of oxime groups is 1. The summed E-state index contributed by atoms with van der Waals surface area (Å²) >= 11 is 1.13. The Bertz CT molecular complexity index is 326. The van der Waals surface area contributed by atoms with Crippen molar-refractivity contribution in [2.45, 2.75) is 4.90 Å². The Morgan fingerprint density at radius 3 is 2.54 bits per heavy atom. The van der Waals surface area contributed by atoms with E-state index in [0.29, 0.717) is 0 Å². The van der Waals surface area contributed by atoms with Gasteiger partial charge in [-0.1, -0.05) is 35.1 Å². The molecule has 0 amide bonds. The minimum Gasteiger partial charge on any atom is -1.00 e. The van der Waals surface area contributed by atoms with Crippen LogP contribution in [0.5, 0.6) is 0 Å². The van der Waals surface area contributed by atoms with Crippen LogP contribution in [0.1, 0.15) is 1.43 Å². The molecule has 5 heteroatoms. The Morgan fingerprint density at radius 1 is 1.46 bits per heavy atom. The maximum Gasteiger partial charge on any atom is 1.00 e. The molecule has 0 aliphatic heterocycles. The molecule has 0 heterocycles. The molecule has 1 N–H and O–H groups in total. The first-order chi connectivity index (χ1) is 5.86. The monoisotopic (exact) mass is 202 g/mol. The SMILES string of the molecule is N#CC(=NO)Sc1ccccc1.[H-].[Na+]. The predicted octanol–water partition coefficient (Wildman–Crippen LogP) is -0.794. The van der Waals surface area contributed by atoms with Crippen molar-refractivity contribution in [3.05, 3.63) is 30.3 Å². The van der Waals surface area contributed by atoms with Crippen LogP contribution < -0.4 is 29.6 Å². The molecule has 0 aromatic heterocycles. The van der Waals surface area contributed by atoms with E-state index < -0.39 is 0 Å². The molecule has 0 fully saturated rings. The van der Waals surface area contributed by atoms with Crippen LogP contribution in [-0.2, 0) is 0 Å². The first kappa shape index (κ1) is 12.5. The molecule has 0 saturated heterocycles. The molecule has 0 aliphatic carbocycles. The molecule has 3 nitrogen and oxygen atoms in total. The predicted molar refractivity (Wildman–Crippen MR) is 48.2 cm³/mol. The molecule has 62 valence electrons. The quantitative estimate of drug-likeness (QED) is 0.162. The number of hydrogen-bond donors (Lipinski definition) is 1. The fraction of sp³-hybridized carbons (Fsp3) is 0. The van der Waals surface area contributed by atoms with Crippen LogP contribution in [0.4, 0.5) is 0 Å². The van der Waals surface area contributed by atoms with Crippen molar-refractivity contribution in [1.29, 1.82) is 5.26 Å². The molecular weight excluding hydrogens is 195 g/mol. The molecule has 0 unspecified atom stereocenters. The Hall–Kier alpha value is -0.470. The summed E-state index contributed by atoms with van der Waals surface area (Å²) in [5.41, 5.74) is 0. The van der Waals surface area contributed by atoms with Crippen molar-refractivity contribution in [3.63, 3.8) is 0 Å². The standard InChI is InChI=1S/C8H6N2OS.Na.H/c9-6-8(10-11)12-7-4-2-1-3-5-7;;/h1-5,11H;;/q;+1;-1. The number of hydrogen-bond acceptors (Lipinski definition) is 4. The minimum absolute atomic E-state index is 0. The summed E-state index contributed by atoms with van der Waals surface area (Å²) in [6.07, 6.45) is 0. The van der Waals surface area contributed by atoms with Crippen LogP contribution in [0, 0.1) is 11.3 Å². The smallest absolute Gasteiger partial charge is 1.00 e. The van der Waals surface area contributed by atoms with Crippen LogP contribution in [0.25, 0.3) is 0 Å². The van der Waals surface area contributed by atoms with Crippen molar-refractivity contribution < 1.29 is 36.2 Å². The largest absolute Gasteiger partial charge is 1.00 e. The van der Waals surface area contributed by atoms with E-state index in [-0.39, 0.29) is 36.0 Å². The number of benzene rings is 1. The Balaban J connectivity index is 0. The van der Waals surface area contributed by atoms with Crippen molar-refractivity contribution in [3.8, 4) is 6.07 Å². The van der Waals surface area contributed by atoms with Crippen LogP contribution in [0.2, 0.25) is 0 Å². The van der Waals surface area contributed by atoms with Gasteiger partial charge < -0.3 is 6.63 Å². The van der Waals surface area contributed by atoms with E-state index in [1.165, 1.54) is 0 Å². The second-order valence-electron chi connectivity index (χ2n) is 1.93. The molecule has 13 heavy (non-hydrogen) atoms. The van der Waals surface area contributed by atoms with Gasteiger partial charge in [-0.2, -0.15) is 5.26 Å². The topological polar surface area (TPSA) is 56.4 Å². The Kier molecular flexibility index (Phi) is 6.73. The van der Waals surface area contributed by atoms with E-state index in [2.05, 4.69) is 5.16 Å². The first-order valence-electron chi connectivity index (χ1n) is 3.22. The molecule has 0 atom stereocenters. The zero-order valence-corrected chi connectivity index (χ0v) is 9.95. The van der Waals surface area contributed by atoms with Gasteiger partial charge in [0.15, 0.2) is 0 Å². The first-order valence-corrected chi connectivity index (χ1v) is 4.03. The summed E-state index contributed by atoms with van der Waals surface area (Å²) < 4.78 is 0. The van der Waals surface area contributed by atoms with Gasteiger partial charge in [0.05, 0.1) is 0 Å². The normalized spacial score (nSPS) is 9.92. The van der Waals surface area contributed by atoms with Crippen molar-refractivity contribution in [2.75, 3.05) is 0 Å². The van der Waals surface area contributed by atoms with Gasteiger partial charge in [0, 0.05) is 4.90 Å². The zero-order chi connectivity index (χ0) is 8.81. The second-order valence-corrected chi connectivity index (χ2v) is 2.99. The van der Waals surface area contributed by atoms with E-state index in [1.807, 2.05) is 30.3 Å². The summed E-state index contributed by atoms with van der Waals surface area (Å²) in [4.78, 5) is 0.881. The molecule has 1 aromatic carbocycles. The second kappa shape index (κ2) is 6.98. The van der Waals surface area contributed by atoms with Gasteiger partial charge in [-0.05, 0) is 12.1 Å². The average molecular weight is 202 g/mol. The maximum atomic E-state index is 8.43. The minimum atomic E-state index is 0. The fourth-order valence-corrected chi connectivity index (χ4v) is 1.27. The van der Waals surface area contributed by atoms with E-state index in [9.17, 15) is 0 Å². The molecule has 0 aliphatic rings. The average Bonchev–Trinajstić information content (AvgIpc) is 2.16. The maximum absolute atomic E-state index is 8.43. The summed E-state index contributed by atoms with van der Waals surface area (Å²) in [6, 6.07) is 11.0. The van der Waals surface area contributed by atoms with Crippen LogP contribution in [0.15, 0.2) is 40.4 Å². The van der Waals surface area contributed by atoms with Crippen molar-refractivity contribution in [2.24, 2.45) is 5.16 Å². The van der Waals surface area contributed by atoms with Gasteiger partial charge in [-0.25, -0.2) is 0 Å².